The summed E-state index contributed by atoms with van der Waals surface area (Å²) in [6.07, 6.45) is 0.772. The Kier molecular flexibility index (Phi) is 7.98. The van der Waals surface area contributed by atoms with Gasteiger partial charge in [0.2, 0.25) is 10.0 Å². The van der Waals surface area contributed by atoms with Crippen molar-refractivity contribution in [1.29, 1.82) is 0 Å². The van der Waals surface area contributed by atoms with Gasteiger partial charge in [-0.15, -0.1) is 0 Å². The first-order valence-corrected chi connectivity index (χ1v) is 12.6. The van der Waals surface area contributed by atoms with E-state index in [1.54, 1.807) is 13.8 Å². The molecule has 0 amide bonds. The number of rotatable bonds is 11. The summed E-state index contributed by atoms with van der Waals surface area (Å²) in [5, 5.41) is 13.9. The van der Waals surface area contributed by atoms with E-state index in [9.17, 15) is 26.9 Å². The van der Waals surface area contributed by atoms with Crippen LogP contribution in [0.2, 0.25) is 0 Å². The maximum atomic E-state index is 12.9. The van der Waals surface area contributed by atoms with Crippen LogP contribution >= 0.6 is 0 Å². The smallest absolute Gasteiger partial charge is 0.269 e. The molecule has 31 heavy (non-hydrogen) atoms. The van der Waals surface area contributed by atoms with E-state index < -0.39 is 25.0 Å². The van der Waals surface area contributed by atoms with E-state index >= 15 is 0 Å². The largest absolute Gasteiger partial charge is 0.383 e. The van der Waals surface area contributed by atoms with Crippen molar-refractivity contribution >= 4 is 37.1 Å². The van der Waals surface area contributed by atoms with Crippen LogP contribution < -0.4 is 10.0 Å². The second kappa shape index (κ2) is 10.1. The summed E-state index contributed by atoms with van der Waals surface area (Å²) in [4.78, 5) is 9.95. The quantitative estimate of drug-likeness (QED) is 0.380. The first-order valence-electron chi connectivity index (χ1n) is 9.72. The molecule has 0 heterocycles. The highest BCUT2D eigenvalue weighted by Gasteiger charge is 2.24. The number of anilines is 2. The normalized spacial score (nSPS) is 12.0. The average Bonchev–Trinajstić information content (AvgIpc) is 2.73. The van der Waals surface area contributed by atoms with E-state index in [0.29, 0.717) is 12.2 Å². The molecule has 0 aliphatic rings. The van der Waals surface area contributed by atoms with Crippen molar-refractivity contribution in [3.05, 3.63) is 52.6 Å². The fraction of sp³-hybridized carbons (Fsp3) is 0.368. The van der Waals surface area contributed by atoms with Crippen LogP contribution in [0.5, 0.6) is 0 Å². The molecule has 0 aliphatic carbocycles. The lowest BCUT2D eigenvalue weighted by molar-refractivity contribution is -0.384. The monoisotopic (exact) mass is 470 g/mol. The molecule has 0 saturated carbocycles. The number of nitrogens with zero attached hydrogens (tertiary/aromatic N) is 2. The summed E-state index contributed by atoms with van der Waals surface area (Å²) in [6.45, 7) is 6.48. The van der Waals surface area contributed by atoms with Gasteiger partial charge < -0.3 is 5.32 Å². The minimum Gasteiger partial charge on any atom is -0.383 e. The first kappa shape index (κ1) is 24.6. The molecular formula is C19H26N4O6S2. The van der Waals surface area contributed by atoms with E-state index in [2.05, 4.69) is 10.0 Å². The number of benzene rings is 2. The molecule has 0 aliphatic heterocycles. The summed E-state index contributed by atoms with van der Waals surface area (Å²) in [7, 11) is -7.92. The second-order valence-electron chi connectivity index (χ2n) is 6.58. The molecule has 0 radical (unpaired) electrons. The maximum absolute atomic E-state index is 12.9. The Bertz CT molecular complexity index is 1130. The molecule has 0 saturated heterocycles. The van der Waals surface area contributed by atoms with Crippen molar-refractivity contribution in [2.45, 2.75) is 37.0 Å². The lowest BCUT2D eigenvalue weighted by Crippen LogP contribution is -2.30. The summed E-state index contributed by atoms with van der Waals surface area (Å²) < 4.78 is 55.1. The summed E-state index contributed by atoms with van der Waals surface area (Å²) in [5.41, 5.74) is 0.252. The van der Waals surface area contributed by atoms with Gasteiger partial charge in [0.15, 0.2) is 0 Å². The Morgan fingerprint density at radius 3 is 2.00 bits per heavy atom. The van der Waals surface area contributed by atoms with Gasteiger partial charge in [-0.1, -0.05) is 20.8 Å². The van der Waals surface area contributed by atoms with Crippen LogP contribution in [0.3, 0.4) is 0 Å². The molecular weight excluding hydrogens is 444 g/mol. The highest BCUT2D eigenvalue weighted by molar-refractivity contribution is 7.92. The number of sulfonamides is 2. The number of nitro benzene ring substituents is 1. The van der Waals surface area contributed by atoms with Crippen LogP contribution in [0, 0.1) is 10.1 Å². The third-order valence-corrected chi connectivity index (χ3v) is 7.93. The third kappa shape index (κ3) is 5.71. The van der Waals surface area contributed by atoms with Crippen LogP contribution in [0.4, 0.5) is 17.1 Å². The minimum absolute atomic E-state index is 0.0420. The van der Waals surface area contributed by atoms with E-state index in [4.69, 9.17) is 0 Å². The van der Waals surface area contributed by atoms with Gasteiger partial charge >= 0.3 is 0 Å². The first-order chi connectivity index (χ1) is 14.6. The Balaban J connectivity index is 2.49. The summed E-state index contributed by atoms with van der Waals surface area (Å²) in [5.74, 6) is 0. The van der Waals surface area contributed by atoms with Crippen molar-refractivity contribution < 1.29 is 21.8 Å². The van der Waals surface area contributed by atoms with Crippen LogP contribution in [-0.2, 0) is 20.0 Å². The lowest BCUT2D eigenvalue weighted by Gasteiger charge is -2.20. The van der Waals surface area contributed by atoms with Gasteiger partial charge in [-0.25, -0.2) is 16.8 Å². The molecule has 0 atom stereocenters. The van der Waals surface area contributed by atoms with Crippen LogP contribution in [0.15, 0.2) is 52.3 Å². The van der Waals surface area contributed by atoms with E-state index in [1.165, 1.54) is 22.5 Å². The van der Waals surface area contributed by atoms with Crippen molar-refractivity contribution in [2.24, 2.45) is 0 Å². The Hall–Kier alpha value is -2.70. The Morgan fingerprint density at radius 2 is 1.48 bits per heavy atom. The molecule has 0 spiro atoms. The van der Waals surface area contributed by atoms with Gasteiger partial charge in [-0.3, -0.25) is 14.8 Å². The van der Waals surface area contributed by atoms with Crippen LogP contribution in [-0.4, -0.2) is 45.7 Å². The fourth-order valence-corrected chi connectivity index (χ4v) is 5.40. The van der Waals surface area contributed by atoms with Gasteiger partial charge in [0.1, 0.15) is 0 Å². The molecule has 10 nitrogen and oxygen atoms in total. The number of hydrogen-bond acceptors (Lipinski definition) is 7. The van der Waals surface area contributed by atoms with Gasteiger partial charge in [-0.05, 0) is 36.8 Å². The van der Waals surface area contributed by atoms with Crippen molar-refractivity contribution in [1.82, 2.24) is 4.31 Å². The second-order valence-corrected chi connectivity index (χ2v) is 10.2. The standard InChI is InChI=1S/C19H26N4O6S2/c1-4-13-20-18-12-11-17(31(28,29)22(5-2)6-3)14-19(18)21-30(26,27)16-9-7-15(8-10-16)23(24)25/h7-12,14,20-21H,4-6,13H2,1-3H3. The number of nitrogens with one attached hydrogen (secondary N) is 2. The zero-order chi connectivity index (χ0) is 23.2. The third-order valence-electron chi connectivity index (χ3n) is 4.50. The molecule has 0 unspecified atom stereocenters. The van der Waals surface area contributed by atoms with Crippen LogP contribution in [0.25, 0.3) is 0 Å². The number of hydrogen-bond donors (Lipinski definition) is 2. The van der Waals surface area contributed by atoms with E-state index in [1.807, 2.05) is 6.92 Å². The number of non-ortho nitro benzene ring substituents is 1. The van der Waals surface area contributed by atoms with Crippen molar-refractivity contribution in [2.75, 3.05) is 29.7 Å². The SMILES string of the molecule is CCCNc1ccc(S(=O)(=O)N(CC)CC)cc1NS(=O)(=O)c1ccc([N+](=O)[O-])cc1. The van der Waals surface area contributed by atoms with Crippen LogP contribution in [0.1, 0.15) is 27.2 Å². The van der Waals surface area contributed by atoms with Gasteiger partial charge in [0.05, 0.1) is 26.1 Å². The molecule has 0 bridgehead atoms. The van der Waals surface area contributed by atoms with Gasteiger partial charge in [0, 0.05) is 31.8 Å². The minimum atomic E-state index is -4.12. The highest BCUT2D eigenvalue weighted by atomic mass is 32.2. The van der Waals surface area contributed by atoms with E-state index in [-0.39, 0.29) is 34.3 Å². The predicted molar refractivity (Wildman–Crippen MR) is 119 cm³/mol. The molecule has 0 aromatic heterocycles. The molecule has 170 valence electrons. The molecule has 2 aromatic carbocycles. The van der Waals surface area contributed by atoms with E-state index in [0.717, 1.165) is 30.7 Å². The van der Waals surface area contributed by atoms with Crippen molar-refractivity contribution in [3.8, 4) is 0 Å². The topological polar surface area (TPSA) is 139 Å². The van der Waals surface area contributed by atoms with Crippen molar-refractivity contribution in [3.63, 3.8) is 0 Å². The maximum Gasteiger partial charge on any atom is 0.269 e. The lowest BCUT2D eigenvalue weighted by atomic mass is 10.2. The molecule has 2 N–H and O–H groups in total. The van der Waals surface area contributed by atoms with Gasteiger partial charge in [0.25, 0.3) is 15.7 Å². The zero-order valence-corrected chi connectivity index (χ0v) is 19.2. The predicted octanol–water partition coefficient (Wildman–Crippen LogP) is 3.25. The Labute approximate surface area is 182 Å². The average molecular weight is 471 g/mol. The molecule has 2 rings (SSSR count). The molecule has 2 aromatic rings. The number of nitro groups is 1. The molecule has 12 heteroatoms. The summed E-state index contributed by atoms with van der Waals surface area (Å²) in [6, 6.07) is 8.63. The zero-order valence-electron chi connectivity index (χ0n) is 17.5. The fourth-order valence-electron chi connectivity index (χ4n) is 2.85. The summed E-state index contributed by atoms with van der Waals surface area (Å²) >= 11 is 0. The van der Waals surface area contributed by atoms with Gasteiger partial charge in [-0.2, -0.15) is 4.31 Å². The highest BCUT2D eigenvalue weighted by Crippen LogP contribution is 2.30. The Morgan fingerprint density at radius 1 is 0.903 bits per heavy atom. The molecule has 0 fully saturated rings.